The standard InChI is InChI=1S/C14H9F3N2O3/c1-19-10(9-6-11(13(20)21)22-18-9)5-7-3-2-4-8(12(7)19)14(15,16)17/h2-6H,1H3,(H,20,21). The van der Waals surface area contributed by atoms with E-state index in [4.69, 9.17) is 5.11 Å². The van der Waals surface area contributed by atoms with Gasteiger partial charge in [-0.1, -0.05) is 17.3 Å². The molecule has 0 atom stereocenters. The number of nitrogens with zero attached hydrogens (tertiary/aromatic N) is 2. The molecule has 0 bridgehead atoms. The second-order valence-electron chi connectivity index (χ2n) is 4.71. The SMILES string of the molecule is Cn1c(-c2cc(C(=O)O)on2)cc2cccc(C(F)(F)F)c21. The first kappa shape index (κ1) is 14.2. The highest BCUT2D eigenvalue weighted by atomic mass is 19.4. The van der Waals surface area contributed by atoms with Crippen molar-refractivity contribution < 1.29 is 27.6 Å². The van der Waals surface area contributed by atoms with Gasteiger partial charge in [0, 0.05) is 18.5 Å². The summed E-state index contributed by atoms with van der Waals surface area (Å²) in [5.74, 6) is -1.68. The molecule has 0 amide bonds. The van der Waals surface area contributed by atoms with E-state index in [1.807, 2.05) is 0 Å². The van der Waals surface area contributed by atoms with Crippen LogP contribution in [0.15, 0.2) is 34.9 Å². The van der Waals surface area contributed by atoms with Gasteiger partial charge in [0.15, 0.2) is 0 Å². The molecule has 0 saturated heterocycles. The lowest BCUT2D eigenvalue weighted by molar-refractivity contribution is -0.136. The van der Waals surface area contributed by atoms with E-state index in [9.17, 15) is 18.0 Å². The van der Waals surface area contributed by atoms with Crippen molar-refractivity contribution in [3.05, 3.63) is 41.7 Å². The number of benzene rings is 1. The first-order valence-corrected chi connectivity index (χ1v) is 6.15. The van der Waals surface area contributed by atoms with Gasteiger partial charge in [-0.2, -0.15) is 13.2 Å². The number of carboxylic acid groups (broad SMARTS) is 1. The number of hydrogen-bond acceptors (Lipinski definition) is 3. The highest BCUT2D eigenvalue weighted by Gasteiger charge is 2.34. The van der Waals surface area contributed by atoms with Crippen molar-refractivity contribution in [1.82, 2.24) is 9.72 Å². The molecule has 0 aliphatic rings. The van der Waals surface area contributed by atoms with Gasteiger partial charge >= 0.3 is 12.1 Å². The van der Waals surface area contributed by atoms with Crippen LogP contribution in [0.5, 0.6) is 0 Å². The molecule has 22 heavy (non-hydrogen) atoms. The number of halogens is 3. The summed E-state index contributed by atoms with van der Waals surface area (Å²) >= 11 is 0. The molecular formula is C14H9F3N2O3. The molecule has 0 unspecified atom stereocenters. The molecule has 2 heterocycles. The first-order valence-electron chi connectivity index (χ1n) is 6.15. The third kappa shape index (κ3) is 2.12. The summed E-state index contributed by atoms with van der Waals surface area (Å²) < 4.78 is 45.2. The van der Waals surface area contributed by atoms with Gasteiger partial charge in [0.1, 0.15) is 5.69 Å². The fourth-order valence-corrected chi connectivity index (χ4v) is 2.39. The number of carbonyl (C=O) groups is 1. The fraction of sp³-hybridized carbons (Fsp3) is 0.143. The van der Waals surface area contributed by atoms with Crippen molar-refractivity contribution in [2.75, 3.05) is 0 Å². The molecule has 5 nitrogen and oxygen atoms in total. The average Bonchev–Trinajstić information content (AvgIpc) is 3.03. The van der Waals surface area contributed by atoms with Crippen LogP contribution in [0.4, 0.5) is 13.2 Å². The Kier molecular flexibility index (Phi) is 2.98. The topological polar surface area (TPSA) is 68.3 Å². The minimum atomic E-state index is -4.49. The molecule has 0 aliphatic carbocycles. The number of aromatic nitrogens is 2. The Morgan fingerprint density at radius 3 is 2.64 bits per heavy atom. The largest absolute Gasteiger partial charge is 0.475 e. The van der Waals surface area contributed by atoms with E-state index < -0.39 is 17.7 Å². The van der Waals surface area contributed by atoms with Crippen molar-refractivity contribution in [2.24, 2.45) is 7.05 Å². The zero-order valence-corrected chi connectivity index (χ0v) is 11.2. The third-order valence-electron chi connectivity index (χ3n) is 3.34. The smallest absolute Gasteiger partial charge is 0.418 e. The Bertz CT molecular complexity index is 877. The van der Waals surface area contributed by atoms with Crippen LogP contribution >= 0.6 is 0 Å². The molecule has 1 aromatic carbocycles. The lowest BCUT2D eigenvalue weighted by Gasteiger charge is -2.10. The number of carboxylic acids is 1. The van der Waals surface area contributed by atoms with Gasteiger partial charge < -0.3 is 14.2 Å². The van der Waals surface area contributed by atoms with E-state index in [1.165, 1.54) is 29.8 Å². The number of hydrogen-bond donors (Lipinski definition) is 1. The summed E-state index contributed by atoms with van der Waals surface area (Å²) in [6, 6.07) is 6.54. The van der Waals surface area contributed by atoms with Crippen LogP contribution in [0, 0.1) is 0 Å². The Morgan fingerprint density at radius 1 is 1.32 bits per heavy atom. The average molecular weight is 310 g/mol. The molecule has 3 aromatic rings. The van der Waals surface area contributed by atoms with Gasteiger partial charge in [-0.3, -0.25) is 0 Å². The molecule has 3 rings (SSSR count). The van der Waals surface area contributed by atoms with Crippen LogP contribution in [-0.4, -0.2) is 20.8 Å². The van der Waals surface area contributed by atoms with Gasteiger partial charge in [0.25, 0.3) is 0 Å². The summed E-state index contributed by atoms with van der Waals surface area (Å²) in [5.41, 5.74) is -0.266. The number of aromatic carboxylic acids is 1. The minimum Gasteiger partial charge on any atom is -0.475 e. The van der Waals surface area contributed by atoms with Gasteiger partial charge in [0.05, 0.1) is 16.8 Å². The molecule has 0 aliphatic heterocycles. The van der Waals surface area contributed by atoms with E-state index in [0.717, 1.165) is 6.07 Å². The van der Waals surface area contributed by atoms with Crippen molar-refractivity contribution in [3.63, 3.8) is 0 Å². The molecule has 8 heteroatoms. The Balaban J connectivity index is 2.24. The van der Waals surface area contributed by atoms with Crippen molar-refractivity contribution in [1.29, 1.82) is 0 Å². The number of fused-ring (bicyclic) bond motifs is 1. The van der Waals surface area contributed by atoms with E-state index in [-0.39, 0.29) is 17.0 Å². The fourth-order valence-electron chi connectivity index (χ4n) is 2.39. The molecule has 0 spiro atoms. The van der Waals surface area contributed by atoms with Crippen molar-refractivity contribution >= 4 is 16.9 Å². The van der Waals surface area contributed by atoms with Crippen molar-refractivity contribution in [3.8, 4) is 11.4 Å². The lowest BCUT2D eigenvalue weighted by atomic mass is 10.1. The molecule has 114 valence electrons. The highest BCUT2D eigenvalue weighted by molar-refractivity contribution is 5.90. The molecule has 0 radical (unpaired) electrons. The van der Waals surface area contributed by atoms with Crippen LogP contribution < -0.4 is 0 Å². The van der Waals surface area contributed by atoms with E-state index in [2.05, 4.69) is 9.68 Å². The van der Waals surface area contributed by atoms with E-state index >= 15 is 0 Å². The maximum absolute atomic E-state index is 13.1. The summed E-state index contributed by atoms with van der Waals surface area (Å²) in [6.07, 6.45) is -4.49. The zero-order valence-electron chi connectivity index (χ0n) is 11.2. The summed E-state index contributed by atoms with van der Waals surface area (Å²) in [6.45, 7) is 0. The summed E-state index contributed by atoms with van der Waals surface area (Å²) in [4.78, 5) is 10.8. The number of alkyl halides is 3. The molecular weight excluding hydrogens is 301 g/mol. The maximum Gasteiger partial charge on any atom is 0.418 e. The quantitative estimate of drug-likeness (QED) is 0.786. The Morgan fingerprint density at radius 2 is 2.05 bits per heavy atom. The molecule has 2 aromatic heterocycles. The summed E-state index contributed by atoms with van der Waals surface area (Å²) in [7, 11) is 1.46. The second kappa shape index (κ2) is 4.62. The predicted molar refractivity (Wildman–Crippen MR) is 70.4 cm³/mol. The third-order valence-corrected chi connectivity index (χ3v) is 3.34. The monoisotopic (exact) mass is 310 g/mol. The number of aryl methyl sites for hydroxylation is 1. The van der Waals surface area contributed by atoms with Crippen LogP contribution in [0.1, 0.15) is 16.1 Å². The number of para-hydroxylation sites is 1. The van der Waals surface area contributed by atoms with E-state index in [0.29, 0.717) is 11.1 Å². The lowest BCUT2D eigenvalue weighted by Crippen LogP contribution is -2.07. The summed E-state index contributed by atoms with van der Waals surface area (Å²) in [5, 5.41) is 12.8. The Hall–Kier alpha value is -2.77. The highest BCUT2D eigenvalue weighted by Crippen LogP contribution is 2.37. The van der Waals surface area contributed by atoms with Crippen LogP contribution in [-0.2, 0) is 13.2 Å². The molecule has 0 saturated carbocycles. The predicted octanol–water partition coefficient (Wildman–Crippen LogP) is 3.55. The Labute approximate surface area is 121 Å². The van der Waals surface area contributed by atoms with E-state index in [1.54, 1.807) is 6.07 Å². The second-order valence-corrected chi connectivity index (χ2v) is 4.71. The zero-order chi connectivity index (χ0) is 16.1. The maximum atomic E-state index is 13.1. The minimum absolute atomic E-state index is 0.00451. The number of rotatable bonds is 2. The van der Waals surface area contributed by atoms with Gasteiger partial charge in [-0.05, 0) is 12.1 Å². The molecule has 0 fully saturated rings. The van der Waals surface area contributed by atoms with Gasteiger partial charge in [0.2, 0.25) is 5.76 Å². The molecule has 1 N–H and O–H groups in total. The van der Waals surface area contributed by atoms with Crippen LogP contribution in [0.2, 0.25) is 0 Å². The normalized spacial score (nSPS) is 12.0. The van der Waals surface area contributed by atoms with Gasteiger partial charge in [-0.15, -0.1) is 0 Å². The van der Waals surface area contributed by atoms with Crippen molar-refractivity contribution in [2.45, 2.75) is 6.18 Å². The van der Waals surface area contributed by atoms with Gasteiger partial charge in [-0.25, -0.2) is 4.79 Å². The van der Waals surface area contributed by atoms with Crippen LogP contribution in [0.25, 0.3) is 22.3 Å². The van der Waals surface area contributed by atoms with Crippen LogP contribution in [0.3, 0.4) is 0 Å². The first-order chi connectivity index (χ1) is 10.3.